The van der Waals surface area contributed by atoms with E-state index in [0.29, 0.717) is 12.3 Å². The maximum absolute atomic E-state index is 11.4. The number of likely N-dealkylation sites (tertiary alicyclic amines) is 1. The van der Waals surface area contributed by atoms with E-state index in [1.807, 2.05) is 0 Å². The van der Waals surface area contributed by atoms with Crippen LogP contribution in [0.4, 0.5) is 0 Å². The third kappa shape index (κ3) is 1.49. The van der Waals surface area contributed by atoms with Crippen LogP contribution in [-0.4, -0.2) is 50.0 Å². The molecule has 1 unspecified atom stereocenters. The number of nitrogens with two attached hydrogens (primary N) is 1. The molecule has 2 heterocycles. The molecule has 0 bridgehead atoms. The van der Waals surface area contributed by atoms with E-state index in [9.17, 15) is 8.42 Å². The molecule has 1 atom stereocenters. The molecule has 0 aromatic heterocycles. The van der Waals surface area contributed by atoms with Gasteiger partial charge in [-0.2, -0.15) is 0 Å². The zero-order chi connectivity index (χ0) is 9.53. The first-order valence-corrected chi connectivity index (χ1v) is 6.56. The molecule has 13 heavy (non-hydrogen) atoms. The van der Waals surface area contributed by atoms with Gasteiger partial charge in [0.1, 0.15) is 0 Å². The van der Waals surface area contributed by atoms with Crippen LogP contribution in [0, 0.1) is 0 Å². The van der Waals surface area contributed by atoms with Gasteiger partial charge < -0.3 is 5.73 Å². The van der Waals surface area contributed by atoms with Gasteiger partial charge in [0.25, 0.3) is 0 Å². The maximum Gasteiger partial charge on any atom is 0.152 e. The van der Waals surface area contributed by atoms with Crippen molar-refractivity contribution in [2.24, 2.45) is 5.73 Å². The Morgan fingerprint density at radius 1 is 1.38 bits per heavy atom. The van der Waals surface area contributed by atoms with Crippen molar-refractivity contribution in [3.63, 3.8) is 0 Å². The van der Waals surface area contributed by atoms with Gasteiger partial charge in [-0.3, -0.25) is 4.90 Å². The first-order chi connectivity index (χ1) is 6.08. The summed E-state index contributed by atoms with van der Waals surface area (Å²) in [7, 11) is -2.81. The maximum atomic E-state index is 11.4. The minimum absolute atomic E-state index is 0.211. The van der Waals surface area contributed by atoms with Crippen molar-refractivity contribution >= 4 is 9.84 Å². The molecule has 0 saturated carbocycles. The van der Waals surface area contributed by atoms with Crippen LogP contribution < -0.4 is 5.73 Å². The molecule has 4 nitrogen and oxygen atoms in total. The summed E-state index contributed by atoms with van der Waals surface area (Å²) in [6.45, 7) is 2.52. The molecule has 76 valence electrons. The Bertz CT molecular complexity index is 297. The predicted octanol–water partition coefficient (Wildman–Crippen LogP) is -0.792. The fourth-order valence-electron chi connectivity index (χ4n) is 2.23. The first-order valence-electron chi connectivity index (χ1n) is 4.74. The normalized spacial score (nSPS) is 38.8. The van der Waals surface area contributed by atoms with Crippen molar-refractivity contribution in [2.45, 2.75) is 18.4 Å². The fraction of sp³-hybridized carbons (Fsp3) is 1.00. The highest BCUT2D eigenvalue weighted by Crippen LogP contribution is 2.32. The van der Waals surface area contributed by atoms with Crippen molar-refractivity contribution in [2.75, 3.05) is 31.1 Å². The molecule has 2 aliphatic heterocycles. The van der Waals surface area contributed by atoms with Crippen molar-refractivity contribution in [3.8, 4) is 0 Å². The van der Waals surface area contributed by atoms with Crippen molar-refractivity contribution in [1.82, 2.24) is 4.90 Å². The van der Waals surface area contributed by atoms with Crippen molar-refractivity contribution in [3.05, 3.63) is 0 Å². The molecule has 0 aromatic carbocycles. The third-order valence-electron chi connectivity index (χ3n) is 3.27. The van der Waals surface area contributed by atoms with Crippen molar-refractivity contribution in [1.29, 1.82) is 0 Å². The van der Waals surface area contributed by atoms with E-state index < -0.39 is 9.84 Å². The summed E-state index contributed by atoms with van der Waals surface area (Å²) in [4.78, 5) is 2.23. The largest absolute Gasteiger partial charge is 0.329 e. The number of rotatable bonds is 2. The molecule has 2 fully saturated rings. The average Bonchev–Trinajstić information content (AvgIpc) is 2.24. The number of sulfone groups is 1. The second kappa shape index (κ2) is 2.93. The lowest BCUT2D eigenvalue weighted by Crippen LogP contribution is -2.60. The van der Waals surface area contributed by atoms with Gasteiger partial charge in [0.05, 0.1) is 11.5 Å². The zero-order valence-corrected chi connectivity index (χ0v) is 8.52. The molecule has 0 radical (unpaired) electrons. The van der Waals surface area contributed by atoms with Crippen LogP contribution in [0.1, 0.15) is 12.8 Å². The Labute approximate surface area is 79.0 Å². The minimum atomic E-state index is -2.81. The summed E-state index contributed by atoms with van der Waals surface area (Å²) in [6, 6.07) is 0. The Hall–Kier alpha value is -0.130. The van der Waals surface area contributed by atoms with Gasteiger partial charge >= 0.3 is 0 Å². The summed E-state index contributed by atoms with van der Waals surface area (Å²) >= 11 is 0. The molecule has 0 spiro atoms. The molecule has 2 rings (SSSR count). The molecule has 2 aliphatic rings. The van der Waals surface area contributed by atoms with Crippen LogP contribution >= 0.6 is 0 Å². The lowest BCUT2D eigenvalue weighted by molar-refractivity contribution is 0.0531. The summed E-state index contributed by atoms with van der Waals surface area (Å²) in [5, 5.41) is 0. The average molecular weight is 204 g/mol. The van der Waals surface area contributed by atoms with Gasteiger partial charge in [0.2, 0.25) is 0 Å². The van der Waals surface area contributed by atoms with Crippen LogP contribution in [0.15, 0.2) is 0 Å². The number of hydrogen-bond donors (Lipinski definition) is 1. The smallest absolute Gasteiger partial charge is 0.152 e. The van der Waals surface area contributed by atoms with Gasteiger partial charge in [-0.15, -0.1) is 0 Å². The van der Waals surface area contributed by atoms with E-state index in [1.165, 1.54) is 6.42 Å². The highest BCUT2D eigenvalue weighted by atomic mass is 32.2. The van der Waals surface area contributed by atoms with E-state index in [0.717, 1.165) is 19.5 Å². The standard InChI is InChI=1S/C8H16N2O2S/c9-6-8(10-3-1-4-10)2-5-13(11,12)7-8/h1-7,9H2. The van der Waals surface area contributed by atoms with E-state index >= 15 is 0 Å². The zero-order valence-electron chi connectivity index (χ0n) is 7.70. The molecule has 0 amide bonds. The van der Waals surface area contributed by atoms with E-state index in [1.54, 1.807) is 0 Å². The van der Waals surface area contributed by atoms with Crippen LogP contribution in [0.3, 0.4) is 0 Å². The SMILES string of the molecule is NCC1(N2CCC2)CCS(=O)(=O)C1. The predicted molar refractivity (Wildman–Crippen MR) is 51.2 cm³/mol. The molecular formula is C8H16N2O2S. The van der Waals surface area contributed by atoms with Crippen molar-refractivity contribution < 1.29 is 8.42 Å². The van der Waals surface area contributed by atoms with Gasteiger partial charge in [0.15, 0.2) is 9.84 Å². The monoisotopic (exact) mass is 204 g/mol. The van der Waals surface area contributed by atoms with Crippen LogP contribution in [0.25, 0.3) is 0 Å². The molecular weight excluding hydrogens is 188 g/mol. The van der Waals surface area contributed by atoms with Crippen LogP contribution in [-0.2, 0) is 9.84 Å². The summed E-state index contributed by atoms with van der Waals surface area (Å²) < 4.78 is 22.7. The quantitative estimate of drug-likeness (QED) is 0.640. The molecule has 0 aliphatic carbocycles. The molecule has 0 aromatic rings. The highest BCUT2D eigenvalue weighted by molar-refractivity contribution is 7.91. The van der Waals surface area contributed by atoms with Gasteiger partial charge in [-0.1, -0.05) is 0 Å². The molecule has 5 heteroatoms. The Balaban J connectivity index is 2.17. The van der Waals surface area contributed by atoms with Crippen LogP contribution in [0.2, 0.25) is 0 Å². The van der Waals surface area contributed by atoms with E-state index in [2.05, 4.69) is 4.90 Å². The van der Waals surface area contributed by atoms with Gasteiger partial charge in [0, 0.05) is 12.1 Å². The number of hydrogen-bond acceptors (Lipinski definition) is 4. The van der Waals surface area contributed by atoms with E-state index in [-0.39, 0.29) is 11.3 Å². The second-order valence-corrected chi connectivity index (χ2v) is 6.30. The number of nitrogens with zero attached hydrogens (tertiary/aromatic N) is 1. The molecule has 2 N–H and O–H groups in total. The van der Waals surface area contributed by atoms with E-state index in [4.69, 9.17) is 5.73 Å². The van der Waals surface area contributed by atoms with Gasteiger partial charge in [-0.05, 0) is 25.9 Å². The summed E-state index contributed by atoms with van der Waals surface area (Å²) in [5.74, 6) is 0.594. The first kappa shape index (κ1) is 9.43. The second-order valence-electron chi connectivity index (χ2n) is 4.11. The van der Waals surface area contributed by atoms with Crippen LogP contribution in [0.5, 0.6) is 0 Å². The highest BCUT2D eigenvalue weighted by Gasteiger charge is 2.46. The minimum Gasteiger partial charge on any atom is -0.329 e. The lowest BCUT2D eigenvalue weighted by Gasteiger charge is -2.45. The fourth-order valence-corrected chi connectivity index (χ4v) is 4.33. The Morgan fingerprint density at radius 2 is 2.08 bits per heavy atom. The Morgan fingerprint density at radius 3 is 2.38 bits per heavy atom. The lowest BCUT2D eigenvalue weighted by atomic mass is 9.93. The third-order valence-corrected chi connectivity index (χ3v) is 5.08. The molecule has 2 saturated heterocycles. The summed E-state index contributed by atoms with van der Waals surface area (Å²) in [5.41, 5.74) is 5.48. The Kier molecular flexibility index (Phi) is 2.13. The summed E-state index contributed by atoms with van der Waals surface area (Å²) in [6.07, 6.45) is 1.91. The topological polar surface area (TPSA) is 63.4 Å². The van der Waals surface area contributed by atoms with Gasteiger partial charge in [-0.25, -0.2) is 8.42 Å².